The first-order valence-corrected chi connectivity index (χ1v) is 5.45. The minimum absolute atomic E-state index is 0.0210. The number of carbonyl (C=O) groups excluding carboxylic acids is 1. The van der Waals surface area contributed by atoms with Gasteiger partial charge in [0, 0.05) is 12.5 Å². The van der Waals surface area contributed by atoms with Crippen molar-refractivity contribution in [2.45, 2.75) is 45.3 Å². The van der Waals surface area contributed by atoms with Crippen LogP contribution in [0.2, 0.25) is 0 Å². The molecule has 0 amide bonds. The molecule has 0 aromatic heterocycles. The maximum absolute atomic E-state index is 10.9. The summed E-state index contributed by atoms with van der Waals surface area (Å²) in [7, 11) is 0. The van der Waals surface area contributed by atoms with Crippen LogP contribution in [0.25, 0.3) is 0 Å². The molecule has 90 valence electrons. The summed E-state index contributed by atoms with van der Waals surface area (Å²) in [5, 5.41) is 8.52. The van der Waals surface area contributed by atoms with Crippen molar-refractivity contribution < 1.29 is 14.3 Å². The predicted molar refractivity (Wildman–Crippen MR) is 60.6 cm³/mol. The third-order valence-corrected chi connectivity index (χ3v) is 2.14. The summed E-state index contributed by atoms with van der Waals surface area (Å²) in [6.07, 6.45) is 2.77. The third-order valence-electron chi connectivity index (χ3n) is 2.14. The Kier molecular flexibility index (Phi) is 8.18. The summed E-state index contributed by atoms with van der Waals surface area (Å²) in [5.41, 5.74) is 0. The fraction of sp³-hybridized carbons (Fsp3) is 0.667. The predicted octanol–water partition coefficient (Wildman–Crippen LogP) is 2.20. The van der Waals surface area contributed by atoms with Gasteiger partial charge in [0.05, 0.1) is 25.2 Å². The molecular formula is C12H19NO3. The number of nitriles is 1. The summed E-state index contributed by atoms with van der Waals surface area (Å²) < 4.78 is 10.5. The zero-order valence-corrected chi connectivity index (χ0v) is 9.94. The topological polar surface area (TPSA) is 59.3 Å². The fourth-order valence-electron chi connectivity index (χ4n) is 1.13. The van der Waals surface area contributed by atoms with Gasteiger partial charge in [-0.15, -0.1) is 0 Å². The second-order valence-corrected chi connectivity index (χ2v) is 3.50. The molecule has 0 N–H and O–H groups in total. The number of esters is 1. The average molecular weight is 225 g/mol. The van der Waals surface area contributed by atoms with Crippen LogP contribution in [0.5, 0.6) is 0 Å². The van der Waals surface area contributed by atoms with Gasteiger partial charge >= 0.3 is 5.97 Å². The Morgan fingerprint density at radius 1 is 1.62 bits per heavy atom. The lowest BCUT2D eigenvalue weighted by Gasteiger charge is -2.15. The molecule has 0 fully saturated rings. The van der Waals surface area contributed by atoms with Gasteiger partial charge in [-0.2, -0.15) is 5.26 Å². The highest BCUT2D eigenvalue weighted by Crippen LogP contribution is 2.05. The highest BCUT2D eigenvalue weighted by Gasteiger charge is 2.09. The molecule has 0 saturated heterocycles. The van der Waals surface area contributed by atoms with E-state index in [-0.39, 0.29) is 12.2 Å². The molecule has 0 rings (SSSR count). The zero-order valence-electron chi connectivity index (χ0n) is 9.94. The van der Waals surface area contributed by atoms with Crippen LogP contribution in [0.1, 0.15) is 33.1 Å². The molecule has 4 heteroatoms. The largest absolute Gasteiger partial charge is 0.459 e. The van der Waals surface area contributed by atoms with Crippen LogP contribution in [0.4, 0.5) is 0 Å². The molecule has 0 aliphatic heterocycles. The standard InChI is InChI=1S/C12H19NO3/c1-4-11(6-8-13)15-9-7-10(3)16-12(14)5-2/h5,10-11H,2,4,6-7,9H2,1,3H3. The SMILES string of the molecule is C=CC(=O)OC(C)CCOC(CC)CC#N. The smallest absolute Gasteiger partial charge is 0.330 e. The van der Waals surface area contributed by atoms with E-state index in [0.717, 1.165) is 12.5 Å². The lowest BCUT2D eigenvalue weighted by Crippen LogP contribution is -2.18. The summed E-state index contributed by atoms with van der Waals surface area (Å²) in [6.45, 7) is 7.59. The van der Waals surface area contributed by atoms with E-state index >= 15 is 0 Å². The molecule has 4 nitrogen and oxygen atoms in total. The van der Waals surface area contributed by atoms with Crippen LogP contribution in [0.3, 0.4) is 0 Å². The second-order valence-electron chi connectivity index (χ2n) is 3.50. The van der Waals surface area contributed by atoms with Crippen LogP contribution in [-0.4, -0.2) is 24.8 Å². The summed E-state index contributed by atoms with van der Waals surface area (Å²) >= 11 is 0. The highest BCUT2D eigenvalue weighted by molar-refractivity contribution is 5.81. The molecule has 0 aliphatic carbocycles. The maximum Gasteiger partial charge on any atom is 0.330 e. The Bertz CT molecular complexity index is 257. The Balaban J connectivity index is 3.67. The zero-order chi connectivity index (χ0) is 12.4. The number of nitrogens with zero attached hydrogens (tertiary/aromatic N) is 1. The lowest BCUT2D eigenvalue weighted by molar-refractivity contribution is -0.143. The van der Waals surface area contributed by atoms with Crippen molar-refractivity contribution in [2.24, 2.45) is 0 Å². The van der Waals surface area contributed by atoms with Crippen molar-refractivity contribution in [2.75, 3.05) is 6.61 Å². The van der Waals surface area contributed by atoms with Gasteiger partial charge in [0.1, 0.15) is 6.10 Å². The van der Waals surface area contributed by atoms with Gasteiger partial charge in [0.25, 0.3) is 0 Å². The Morgan fingerprint density at radius 3 is 2.81 bits per heavy atom. The fourth-order valence-corrected chi connectivity index (χ4v) is 1.13. The van der Waals surface area contributed by atoms with E-state index in [9.17, 15) is 4.79 Å². The van der Waals surface area contributed by atoms with Crippen LogP contribution >= 0.6 is 0 Å². The molecule has 0 saturated carbocycles. The Morgan fingerprint density at radius 2 is 2.31 bits per heavy atom. The molecule has 0 heterocycles. The first-order chi connectivity index (χ1) is 7.63. The molecular weight excluding hydrogens is 206 g/mol. The van der Waals surface area contributed by atoms with Crippen molar-refractivity contribution in [3.8, 4) is 6.07 Å². The van der Waals surface area contributed by atoms with Crippen LogP contribution in [-0.2, 0) is 14.3 Å². The molecule has 0 bridgehead atoms. The van der Waals surface area contributed by atoms with E-state index in [1.807, 2.05) is 6.92 Å². The van der Waals surface area contributed by atoms with E-state index in [1.165, 1.54) is 0 Å². The third kappa shape index (κ3) is 7.02. The van der Waals surface area contributed by atoms with Gasteiger partial charge in [-0.25, -0.2) is 4.79 Å². The normalized spacial score (nSPS) is 13.6. The van der Waals surface area contributed by atoms with Crippen molar-refractivity contribution in [1.82, 2.24) is 0 Å². The molecule has 0 spiro atoms. The van der Waals surface area contributed by atoms with Gasteiger partial charge in [0.15, 0.2) is 0 Å². The van der Waals surface area contributed by atoms with Crippen LogP contribution in [0, 0.1) is 11.3 Å². The minimum atomic E-state index is -0.420. The molecule has 0 aliphatic rings. The number of hydrogen-bond acceptors (Lipinski definition) is 4. The molecule has 2 unspecified atom stereocenters. The van der Waals surface area contributed by atoms with Gasteiger partial charge < -0.3 is 9.47 Å². The van der Waals surface area contributed by atoms with Crippen molar-refractivity contribution in [3.63, 3.8) is 0 Å². The summed E-state index contributed by atoms with van der Waals surface area (Å²) in [5.74, 6) is -0.420. The number of hydrogen-bond donors (Lipinski definition) is 0. The lowest BCUT2D eigenvalue weighted by atomic mass is 10.2. The van der Waals surface area contributed by atoms with Gasteiger partial charge in [-0.1, -0.05) is 13.5 Å². The van der Waals surface area contributed by atoms with Crippen molar-refractivity contribution in [3.05, 3.63) is 12.7 Å². The minimum Gasteiger partial charge on any atom is -0.459 e. The van der Waals surface area contributed by atoms with Gasteiger partial charge in [-0.3, -0.25) is 0 Å². The van der Waals surface area contributed by atoms with Crippen LogP contribution < -0.4 is 0 Å². The Labute approximate surface area is 96.8 Å². The quantitative estimate of drug-likeness (QED) is 0.469. The van der Waals surface area contributed by atoms with Crippen LogP contribution in [0.15, 0.2) is 12.7 Å². The van der Waals surface area contributed by atoms with Gasteiger partial charge in [-0.05, 0) is 13.3 Å². The van der Waals surface area contributed by atoms with E-state index in [2.05, 4.69) is 12.6 Å². The van der Waals surface area contributed by atoms with Gasteiger partial charge in [0.2, 0.25) is 0 Å². The number of rotatable bonds is 8. The molecule has 0 aromatic carbocycles. The first-order valence-electron chi connectivity index (χ1n) is 5.45. The van der Waals surface area contributed by atoms with Crippen molar-refractivity contribution >= 4 is 5.97 Å². The molecule has 0 aromatic rings. The maximum atomic E-state index is 10.9. The number of carbonyl (C=O) groups is 1. The molecule has 0 radical (unpaired) electrons. The average Bonchev–Trinajstić information content (AvgIpc) is 2.27. The number of ether oxygens (including phenoxy) is 2. The molecule has 16 heavy (non-hydrogen) atoms. The summed E-state index contributed by atoms with van der Waals surface area (Å²) in [6, 6.07) is 2.07. The molecule has 2 atom stereocenters. The van der Waals surface area contributed by atoms with E-state index in [0.29, 0.717) is 19.4 Å². The second kappa shape index (κ2) is 8.93. The monoisotopic (exact) mass is 225 g/mol. The Hall–Kier alpha value is -1.34. The van der Waals surface area contributed by atoms with E-state index < -0.39 is 5.97 Å². The summed E-state index contributed by atoms with van der Waals surface area (Å²) in [4.78, 5) is 10.9. The van der Waals surface area contributed by atoms with Crippen molar-refractivity contribution in [1.29, 1.82) is 5.26 Å². The van der Waals surface area contributed by atoms with E-state index in [1.54, 1.807) is 6.92 Å². The highest BCUT2D eigenvalue weighted by atomic mass is 16.5. The van der Waals surface area contributed by atoms with E-state index in [4.69, 9.17) is 14.7 Å². The first kappa shape index (κ1) is 14.7.